The lowest BCUT2D eigenvalue weighted by Gasteiger charge is -2.40. The van der Waals surface area contributed by atoms with Crippen molar-refractivity contribution >= 4 is 0 Å². The molecule has 0 bridgehead atoms. The summed E-state index contributed by atoms with van der Waals surface area (Å²) in [5, 5.41) is 0. The number of hydrogen-bond acceptors (Lipinski definition) is 2. The van der Waals surface area contributed by atoms with E-state index in [1.54, 1.807) is 0 Å². The summed E-state index contributed by atoms with van der Waals surface area (Å²) in [5.74, 6) is 0.888. The molecule has 2 nitrogen and oxygen atoms in total. The number of likely N-dealkylation sites (tertiary alicyclic amines) is 1. The highest BCUT2D eigenvalue weighted by Gasteiger charge is 2.38. The van der Waals surface area contributed by atoms with E-state index in [0.29, 0.717) is 11.5 Å². The minimum Gasteiger partial charge on any atom is -0.328 e. The predicted molar refractivity (Wildman–Crippen MR) is 60.1 cm³/mol. The second-order valence-electron chi connectivity index (χ2n) is 6.23. The zero-order chi connectivity index (χ0) is 10.3. The van der Waals surface area contributed by atoms with Crippen LogP contribution in [0.15, 0.2) is 0 Å². The first-order valence-electron chi connectivity index (χ1n) is 5.96. The molecule has 0 radical (unpaired) electrons. The monoisotopic (exact) mass is 196 g/mol. The van der Waals surface area contributed by atoms with Gasteiger partial charge >= 0.3 is 0 Å². The van der Waals surface area contributed by atoms with E-state index < -0.39 is 0 Å². The van der Waals surface area contributed by atoms with Gasteiger partial charge in [-0.1, -0.05) is 20.8 Å². The fourth-order valence-electron chi connectivity index (χ4n) is 2.75. The molecule has 0 spiro atoms. The van der Waals surface area contributed by atoms with Crippen LogP contribution in [0, 0.1) is 11.3 Å². The molecule has 0 aromatic rings. The SMILES string of the molecule is CC(C)(C)C1CCN(C2CC(N)C2)C1. The van der Waals surface area contributed by atoms with Gasteiger partial charge in [-0.25, -0.2) is 0 Å². The van der Waals surface area contributed by atoms with E-state index in [9.17, 15) is 0 Å². The van der Waals surface area contributed by atoms with Gasteiger partial charge in [0, 0.05) is 18.6 Å². The molecule has 1 aliphatic carbocycles. The summed E-state index contributed by atoms with van der Waals surface area (Å²) < 4.78 is 0. The first kappa shape index (κ1) is 10.4. The Kier molecular flexibility index (Phi) is 2.61. The van der Waals surface area contributed by atoms with Gasteiger partial charge in [0.2, 0.25) is 0 Å². The lowest BCUT2D eigenvalue weighted by Crippen LogP contribution is -2.50. The summed E-state index contributed by atoms with van der Waals surface area (Å²) in [4.78, 5) is 2.67. The van der Waals surface area contributed by atoms with Crippen molar-refractivity contribution in [3.05, 3.63) is 0 Å². The van der Waals surface area contributed by atoms with Gasteiger partial charge in [0.25, 0.3) is 0 Å². The summed E-state index contributed by atoms with van der Waals surface area (Å²) in [6.45, 7) is 9.72. The van der Waals surface area contributed by atoms with Crippen molar-refractivity contribution in [1.82, 2.24) is 4.90 Å². The van der Waals surface area contributed by atoms with Crippen LogP contribution < -0.4 is 5.73 Å². The number of nitrogens with zero attached hydrogens (tertiary/aromatic N) is 1. The molecule has 2 N–H and O–H groups in total. The summed E-state index contributed by atoms with van der Waals surface area (Å²) >= 11 is 0. The van der Waals surface area contributed by atoms with Gasteiger partial charge < -0.3 is 5.73 Å². The van der Waals surface area contributed by atoms with Crippen LogP contribution in [0.5, 0.6) is 0 Å². The van der Waals surface area contributed by atoms with Gasteiger partial charge in [-0.2, -0.15) is 0 Å². The molecular formula is C12H24N2. The maximum atomic E-state index is 5.83. The number of rotatable bonds is 1. The van der Waals surface area contributed by atoms with Crippen molar-refractivity contribution in [3.63, 3.8) is 0 Å². The van der Waals surface area contributed by atoms with Gasteiger partial charge in [-0.05, 0) is 37.1 Å². The summed E-state index contributed by atoms with van der Waals surface area (Å²) in [6.07, 6.45) is 3.85. The normalized spacial score (nSPS) is 39.9. The third-order valence-corrected chi connectivity index (χ3v) is 4.11. The van der Waals surface area contributed by atoms with Crippen LogP contribution in [0.25, 0.3) is 0 Å². The van der Waals surface area contributed by atoms with Gasteiger partial charge in [-0.15, -0.1) is 0 Å². The molecule has 1 unspecified atom stereocenters. The molecule has 82 valence electrons. The van der Waals surface area contributed by atoms with E-state index in [1.165, 1.54) is 32.4 Å². The van der Waals surface area contributed by atoms with Crippen LogP contribution in [0.2, 0.25) is 0 Å². The first-order valence-corrected chi connectivity index (χ1v) is 5.96. The minimum atomic E-state index is 0.487. The zero-order valence-electron chi connectivity index (χ0n) is 9.79. The zero-order valence-corrected chi connectivity index (χ0v) is 9.79. The summed E-state index contributed by atoms with van der Waals surface area (Å²) in [7, 11) is 0. The number of hydrogen-bond donors (Lipinski definition) is 1. The van der Waals surface area contributed by atoms with Crippen LogP contribution in [0.3, 0.4) is 0 Å². The average molecular weight is 196 g/mol. The molecule has 1 atom stereocenters. The molecule has 1 saturated heterocycles. The molecule has 1 saturated carbocycles. The number of nitrogens with two attached hydrogens (primary N) is 1. The molecule has 1 heterocycles. The van der Waals surface area contributed by atoms with Crippen molar-refractivity contribution in [2.45, 2.75) is 52.1 Å². The van der Waals surface area contributed by atoms with Crippen LogP contribution in [-0.4, -0.2) is 30.1 Å². The third kappa shape index (κ3) is 1.96. The Morgan fingerprint density at radius 1 is 1.21 bits per heavy atom. The Hall–Kier alpha value is -0.0800. The maximum Gasteiger partial charge on any atom is 0.0125 e. The van der Waals surface area contributed by atoms with Gasteiger partial charge in [-0.3, -0.25) is 4.90 Å². The molecule has 2 heteroatoms. The van der Waals surface area contributed by atoms with E-state index in [0.717, 1.165) is 12.0 Å². The first-order chi connectivity index (χ1) is 6.47. The highest BCUT2D eigenvalue weighted by molar-refractivity contribution is 4.94. The van der Waals surface area contributed by atoms with Crippen molar-refractivity contribution in [2.24, 2.45) is 17.1 Å². The van der Waals surface area contributed by atoms with E-state index in [1.807, 2.05) is 0 Å². The van der Waals surface area contributed by atoms with Crippen LogP contribution >= 0.6 is 0 Å². The molecule has 2 rings (SSSR count). The molecular weight excluding hydrogens is 172 g/mol. The molecule has 1 aliphatic heterocycles. The highest BCUT2D eigenvalue weighted by atomic mass is 15.2. The van der Waals surface area contributed by atoms with Crippen LogP contribution in [0.1, 0.15) is 40.0 Å². The van der Waals surface area contributed by atoms with Crippen LogP contribution in [-0.2, 0) is 0 Å². The lowest BCUT2D eigenvalue weighted by atomic mass is 9.80. The van der Waals surface area contributed by atoms with Crippen molar-refractivity contribution in [2.75, 3.05) is 13.1 Å². The molecule has 0 amide bonds. The minimum absolute atomic E-state index is 0.487. The largest absolute Gasteiger partial charge is 0.328 e. The van der Waals surface area contributed by atoms with Gasteiger partial charge in [0.1, 0.15) is 0 Å². The second kappa shape index (κ2) is 3.49. The highest BCUT2D eigenvalue weighted by Crippen LogP contribution is 2.37. The smallest absolute Gasteiger partial charge is 0.0125 e. The van der Waals surface area contributed by atoms with Crippen molar-refractivity contribution < 1.29 is 0 Å². The van der Waals surface area contributed by atoms with Crippen LogP contribution in [0.4, 0.5) is 0 Å². The van der Waals surface area contributed by atoms with Gasteiger partial charge in [0.05, 0.1) is 0 Å². The summed E-state index contributed by atoms with van der Waals surface area (Å²) in [6, 6.07) is 1.31. The lowest BCUT2D eigenvalue weighted by molar-refractivity contribution is 0.122. The predicted octanol–water partition coefficient (Wildman–Crippen LogP) is 1.84. The van der Waals surface area contributed by atoms with Crippen molar-refractivity contribution in [1.29, 1.82) is 0 Å². The molecule has 2 fully saturated rings. The fraction of sp³-hybridized carbons (Fsp3) is 1.00. The van der Waals surface area contributed by atoms with E-state index >= 15 is 0 Å². The van der Waals surface area contributed by atoms with Crippen molar-refractivity contribution in [3.8, 4) is 0 Å². The standard InChI is InChI=1S/C12H24N2/c1-12(2,3)9-4-5-14(8-9)11-6-10(13)7-11/h9-11H,4-8,13H2,1-3H3. The Balaban J connectivity index is 1.83. The average Bonchev–Trinajstić information content (AvgIpc) is 2.45. The molecule has 0 aromatic carbocycles. The summed E-state index contributed by atoms with van der Waals surface area (Å²) in [5.41, 5.74) is 6.32. The topological polar surface area (TPSA) is 29.3 Å². The Bertz CT molecular complexity index is 201. The quantitative estimate of drug-likeness (QED) is 0.693. The molecule has 2 aliphatic rings. The van der Waals surface area contributed by atoms with E-state index in [2.05, 4.69) is 25.7 Å². The third-order valence-electron chi connectivity index (χ3n) is 4.11. The van der Waals surface area contributed by atoms with E-state index in [4.69, 9.17) is 5.73 Å². The fourth-order valence-corrected chi connectivity index (χ4v) is 2.75. The molecule has 14 heavy (non-hydrogen) atoms. The Morgan fingerprint density at radius 3 is 2.29 bits per heavy atom. The Labute approximate surface area is 87.8 Å². The Morgan fingerprint density at radius 2 is 1.86 bits per heavy atom. The second-order valence-corrected chi connectivity index (χ2v) is 6.23. The molecule has 0 aromatic heterocycles. The maximum absolute atomic E-state index is 5.83. The van der Waals surface area contributed by atoms with Gasteiger partial charge in [0.15, 0.2) is 0 Å². The van der Waals surface area contributed by atoms with E-state index in [-0.39, 0.29) is 0 Å².